The van der Waals surface area contributed by atoms with Crippen molar-refractivity contribution in [3.05, 3.63) is 23.8 Å². The molecule has 5 fully saturated rings. The fraction of sp³-hybridized carbons (Fsp3) is 0.760. The highest BCUT2D eigenvalue weighted by Gasteiger charge is 2.78. The van der Waals surface area contributed by atoms with E-state index < -0.39 is 0 Å². The smallest absolute Gasteiger partial charge is 0.331 e. The van der Waals surface area contributed by atoms with E-state index in [0.717, 1.165) is 48.1 Å². The number of oxime groups is 1. The van der Waals surface area contributed by atoms with E-state index in [0.29, 0.717) is 17.8 Å². The summed E-state index contributed by atoms with van der Waals surface area (Å²) >= 11 is 0. The average Bonchev–Trinajstić information content (AvgIpc) is 3.64. The molecular weight excluding hydrogens is 362 g/mol. The number of hydrogen-bond acceptors (Lipinski definition) is 4. The Morgan fingerprint density at radius 2 is 2.03 bits per heavy atom. The van der Waals surface area contributed by atoms with Crippen molar-refractivity contribution >= 4 is 11.7 Å². The van der Waals surface area contributed by atoms with Gasteiger partial charge in [0.15, 0.2) is 0 Å². The van der Waals surface area contributed by atoms with Crippen LogP contribution in [-0.4, -0.2) is 22.5 Å². The zero-order chi connectivity index (χ0) is 19.5. The third-order valence-electron chi connectivity index (χ3n) is 10.5. The van der Waals surface area contributed by atoms with Gasteiger partial charge in [-0.1, -0.05) is 17.7 Å². The Hall–Kier alpha value is -1.58. The number of ether oxygens (including phenoxy) is 1. The average molecular weight is 394 g/mol. The number of carbonyl (C=O) groups excluding carboxylic acids is 1. The Balaban J connectivity index is 1.31. The normalized spacial score (nSPS) is 55.8. The van der Waals surface area contributed by atoms with Gasteiger partial charge in [0.05, 0.1) is 5.71 Å². The molecule has 1 spiro atoms. The predicted molar refractivity (Wildman–Crippen MR) is 108 cm³/mol. The number of rotatable bonds is 1. The lowest BCUT2D eigenvalue weighted by Crippen LogP contribution is -2.56. The first-order valence-electron chi connectivity index (χ1n) is 11.9. The van der Waals surface area contributed by atoms with Crippen molar-refractivity contribution in [3.8, 4) is 0 Å². The monoisotopic (exact) mass is 393 g/mol. The Bertz CT molecular complexity index is 884. The third kappa shape index (κ3) is 2.02. The highest BCUT2D eigenvalue weighted by molar-refractivity contribution is 5.96. The summed E-state index contributed by atoms with van der Waals surface area (Å²) < 4.78 is 6.16. The van der Waals surface area contributed by atoms with Crippen LogP contribution in [0.5, 0.6) is 0 Å². The lowest BCUT2D eigenvalue weighted by atomic mass is 9.46. The van der Waals surface area contributed by atoms with Crippen molar-refractivity contribution < 1.29 is 14.7 Å². The molecule has 3 unspecified atom stereocenters. The van der Waals surface area contributed by atoms with Gasteiger partial charge in [-0.15, -0.1) is 0 Å². The number of nitrogens with zero attached hydrogens (tertiary/aromatic N) is 1. The molecule has 1 heterocycles. The second kappa shape index (κ2) is 5.36. The largest absolute Gasteiger partial charge is 0.451 e. The molecule has 0 saturated heterocycles. The first-order valence-corrected chi connectivity index (χ1v) is 11.9. The molecule has 0 aromatic heterocycles. The van der Waals surface area contributed by atoms with Crippen LogP contribution in [0.15, 0.2) is 29.0 Å². The second-order valence-electron chi connectivity index (χ2n) is 11.4. The van der Waals surface area contributed by atoms with Crippen molar-refractivity contribution in [2.45, 2.75) is 63.9 Å². The van der Waals surface area contributed by atoms with Gasteiger partial charge in [-0.3, -0.25) is 0 Å². The summed E-state index contributed by atoms with van der Waals surface area (Å²) in [6, 6.07) is 0. The van der Waals surface area contributed by atoms with Crippen LogP contribution in [-0.2, 0) is 9.53 Å². The Kier molecular flexibility index (Phi) is 3.17. The van der Waals surface area contributed by atoms with E-state index in [4.69, 9.17) is 4.74 Å². The van der Waals surface area contributed by atoms with Crippen LogP contribution >= 0.6 is 0 Å². The summed E-state index contributed by atoms with van der Waals surface area (Å²) in [5, 5.41) is 12.9. The van der Waals surface area contributed by atoms with E-state index in [9.17, 15) is 10.0 Å². The molecule has 0 radical (unpaired) electrons. The number of esters is 1. The molecule has 9 atom stereocenters. The van der Waals surface area contributed by atoms with Gasteiger partial charge in [0.2, 0.25) is 0 Å². The lowest BCUT2D eigenvalue weighted by molar-refractivity contribution is -0.170. The van der Waals surface area contributed by atoms with E-state index in [1.807, 2.05) is 0 Å². The second-order valence-corrected chi connectivity index (χ2v) is 11.4. The molecule has 29 heavy (non-hydrogen) atoms. The van der Waals surface area contributed by atoms with Crippen molar-refractivity contribution in [2.75, 3.05) is 0 Å². The highest BCUT2D eigenvalue weighted by atomic mass is 16.6. The first-order chi connectivity index (χ1) is 14.1. The Morgan fingerprint density at radius 1 is 1.17 bits per heavy atom. The number of fused-ring (bicyclic) bond motifs is 9. The molecule has 1 aliphatic heterocycles. The quantitative estimate of drug-likeness (QED) is 0.398. The maximum Gasteiger partial charge on any atom is 0.331 e. The molecule has 4 nitrogen and oxygen atoms in total. The fourth-order valence-electron chi connectivity index (χ4n) is 9.32. The minimum Gasteiger partial charge on any atom is -0.451 e. The zero-order valence-electron chi connectivity index (χ0n) is 17.2. The lowest BCUT2D eigenvalue weighted by Gasteiger charge is -2.59. The summed E-state index contributed by atoms with van der Waals surface area (Å²) in [7, 11) is 0. The summed E-state index contributed by atoms with van der Waals surface area (Å²) in [4.78, 5) is 12.1. The summed E-state index contributed by atoms with van der Waals surface area (Å²) in [5.41, 5.74) is 2.27. The molecule has 0 aromatic rings. The first kappa shape index (κ1) is 17.1. The summed E-state index contributed by atoms with van der Waals surface area (Å²) in [5.74, 6) is 5.83. The van der Waals surface area contributed by atoms with E-state index in [2.05, 4.69) is 24.2 Å². The molecule has 154 valence electrons. The molecule has 7 aliphatic rings. The molecule has 6 aliphatic carbocycles. The maximum absolute atomic E-state index is 12.1. The molecule has 0 bridgehead atoms. The molecule has 4 heteroatoms. The number of carbonyl (C=O) groups is 1. The van der Waals surface area contributed by atoms with Gasteiger partial charge in [0.25, 0.3) is 0 Å². The van der Waals surface area contributed by atoms with Gasteiger partial charge in [0, 0.05) is 17.4 Å². The van der Waals surface area contributed by atoms with Gasteiger partial charge in [-0.05, 0) is 105 Å². The minimum atomic E-state index is -0.308. The fourth-order valence-corrected chi connectivity index (χ4v) is 9.32. The van der Waals surface area contributed by atoms with Gasteiger partial charge in [-0.25, -0.2) is 4.79 Å². The third-order valence-corrected chi connectivity index (χ3v) is 10.5. The van der Waals surface area contributed by atoms with Gasteiger partial charge < -0.3 is 9.94 Å². The van der Waals surface area contributed by atoms with Crippen LogP contribution in [0.4, 0.5) is 0 Å². The molecule has 5 saturated carbocycles. The maximum atomic E-state index is 12.1. The van der Waals surface area contributed by atoms with E-state index in [1.165, 1.54) is 38.5 Å². The van der Waals surface area contributed by atoms with Crippen LogP contribution < -0.4 is 0 Å². The Labute approximate surface area is 172 Å². The van der Waals surface area contributed by atoms with Crippen LogP contribution in [0.3, 0.4) is 0 Å². The van der Waals surface area contributed by atoms with Crippen molar-refractivity contribution in [1.29, 1.82) is 0 Å². The molecule has 1 N–H and O–H groups in total. The van der Waals surface area contributed by atoms with Crippen LogP contribution in [0, 0.1) is 52.8 Å². The van der Waals surface area contributed by atoms with Gasteiger partial charge in [0.1, 0.15) is 5.60 Å². The highest BCUT2D eigenvalue weighted by Crippen LogP contribution is 2.78. The van der Waals surface area contributed by atoms with Crippen molar-refractivity contribution in [1.82, 2.24) is 0 Å². The molecule has 7 rings (SSSR count). The number of allylic oxidation sites excluding steroid dienone is 2. The van der Waals surface area contributed by atoms with Crippen molar-refractivity contribution in [2.24, 2.45) is 57.9 Å². The number of hydrogen-bond donors (Lipinski definition) is 1. The predicted octanol–water partition coefficient (Wildman–Crippen LogP) is 4.73. The topological polar surface area (TPSA) is 58.9 Å². The van der Waals surface area contributed by atoms with Crippen LogP contribution in [0.2, 0.25) is 0 Å². The molecular formula is C25H31NO3. The van der Waals surface area contributed by atoms with E-state index in [1.54, 1.807) is 11.6 Å². The van der Waals surface area contributed by atoms with Gasteiger partial charge in [-0.2, -0.15) is 0 Å². The Morgan fingerprint density at radius 3 is 2.76 bits per heavy atom. The van der Waals surface area contributed by atoms with E-state index in [-0.39, 0.29) is 17.0 Å². The SMILES string of the molecule is C[C@]12CCC3C(C1[C@@H]1C[C@@H]1[C@@]21C=CC(=O)O1)[C@@H](C1CC1)CC1=C/C(=N/O)CC[C@@H]13. The van der Waals surface area contributed by atoms with Crippen molar-refractivity contribution in [3.63, 3.8) is 0 Å². The summed E-state index contributed by atoms with van der Waals surface area (Å²) in [6.45, 7) is 2.47. The standard InChI is InChI=1S/C25H31NO3/c1-24-8-6-17-16-5-4-15(26-28)10-14(16)11-18(13-2-3-13)22(17)23(24)19-12-20(19)25(24)9-7-21(27)29-25/h7,9-10,13,16-20,22-23,28H,2-6,8,11-12H2,1H3/b26-15+/t16-,17?,18+,19+,20-,22?,23?,24-,25-/m0/s1. The van der Waals surface area contributed by atoms with Gasteiger partial charge >= 0.3 is 5.97 Å². The molecule has 0 amide bonds. The minimum absolute atomic E-state index is 0.115. The van der Waals surface area contributed by atoms with Crippen LogP contribution in [0.1, 0.15) is 58.3 Å². The van der Waals surface area contributed by atoms with E-state index >= 15 is 0 Å². The summed E-state index contributed by atoms with van der Waals surface area (Å²) in [6.07, 6.45) is 15.9. The zero-order valence-corrected chi connectivity index (χ0v) is 17.2. The van der Waals surface area contributed by atoms with Crippen LogP contribution in [0.25, 0.3) is 0 Å². The molecule has 0 aromatic carbocycles.